The van der Waals surface area contributed by atoms with Gasteiger partial charge in [0, 0.05) is 36.8 Å². The van der Waals surface area contributed by atoms with Crippen LogP contribution in [0, 0.1) is 5.82 Å². The predicted octanol–water partition coefficient (Wildman–Crippen LogP) is 4.29. The van der Waals surface area contributed by atoms with E-state index >= 15 is 0 Å². The van der Waals surface area contributed by atoms with Gasteiger partial charge in [0.05, 0.1) is 12.2 Å². The van der Waals surface area contributed by atoms with Crippen LogP contribution < -0.4 is 10.2 Å². The second-order valence-corrected chi connectivity index (χ2v) is 7.55. The molecule has 1 amide bonds. The number of carbonyl (C=O) groups excluding carboxylic acids is 1. The fourth-order valence-electron chi connectivity index (χ4n) is 3.20. The molecule has 0 spiro atoms. The molecule has 0 unspecified atom stereocenters. The quantitative estimate of drug-likeness (QED) is 0.722. The first-order chi connectivity index (χ1) is 13.5. The van der Waals surface area contributed by atoms with Crippen LogP contribution >= 0.6 is 11.8 Å². The molecule has 0 radical (unpaired) electrons. The molecule has 0 atom stereocenters. The molecule has 1 saturated heterocycles. The number of nitrogens with one attached hydrogen (secondary N) is 1. The van der Waals surface area contributed by atoms with Gasteiger partial charge in [0.25, 0.3) is 5.76 Å². The Morgan fingerprint density at radius 2 is 1.79 bits per heavy atom. The number of para-hydroxylation sites is 1. The van der Waals surface area contributed by atoms with Crippen molar-refractivity contribution in [3.05, 3.63) is 54.3 Å². The van der Waals surface area contributed by atoms with Gasteiger partial charge in [0.15, 0.2) is 0 Å². The molecule has 1 fully saturated rings. The van der Waals surface area contributed by atoms with Crippen LogP contribution in [-0.2, 0) is 4.79 Å². The van der Waals surface area contributed by atoms with Gasteiger partial charge in [-0.15, -0.1) is 0 Å². The molecule has 0 aliphatic carbocycles. The molecule has 0 bridgehead atoms. The smallest absolute Gasteiger partial charge is 0.288 e. The van der Waals surface area contributed by atoms with Gasteiger partial charge in [-0.05, 0) is 42.8 Å². The van der Waals surface area contributed by atoms with E-state index in [-0.39, 0.29) is 18.3 Å². The summed E-state index contributed by atoms with van der Waals surface area (Å²) in [7, 11) is 0. The molecule has 150 valence electrons. The second kappa shape index (κ2) is 9.84. The SMILES string of the molecule is O=C(CN1CCCN(c2ccc(F)cc2)CC1)Nc1ccccc1SC(F)F. The average molecular weight is 409 g/mol. The molecule has 28 heavy (non-hydrogen) atoms. The highest BCUT2D eigenvalue weighted by atomic mass is 32.2. The largest absolute Gasteiger partial charge is 0.370 e. The van der Waals surface area contributed by atoms with Gasteiger partial charge in [-0.2, -0.15) is 8.78 Å². The Morgan fingerprint density at radius 1 is 1.04 bits per heavy atom. The Kier molecular flexibility index (Phi) is 7.22. The minimum absolute atomic E-state index is 0.199. The monoisotopic (exact) mass is 409 g/mol. The van der Waals surface area contributed by atoms with E-state index in [1.807, 2.05) is 4.90 Å². The minimum atomic E-state index is -2.54. The minimum Gasteiger partial charge on any atom is -0.370 e. The summed E-state index contributed by atoms with van der Waals surface area (Å²) < 4.78 is 38.4. The summed E-state index contributed by atoms with van der Waals surface area (Å²) in [6.45, 7) is 3.22. The van der Waals surface area contributed by atoms with Crippen LogP contribution in [0.1, 0.15) is 6.42 Å². The molecule has 0 saturated carbocycles. The molecule has 2 aromatic carbocycles. The van der Waals surface area contributed by atoms with Crippen LogP contribution in [0.15, 0.2) is 53.4 Å². The van der Waals surface area contributed by atoms with E-state index in [4.69, 9.17) is 0 Å². The van der Waals surface area contributed by atoms with E-state index in [0.717, 1.165) is 31.7 Å². The molecular formula is C20H22F3N3OS. The summed E-state index contributed by atoms with van der Waals surface area (Å²) in [5.74, 6) is -3.03. The van der Waals surface area contributed by atoms with E-state index < -0.39 is 5.76 Å². The first-order valence-corrected chi connectivity index (χ1v) is 9.96. The number of nitrogens with zero attached hydrogens (tertiary/aromatic N) is 2. The number of carbonyl (C=O) groups is 1. The molecule has 1 N–H and O–H groups in total. The maximum absolute atomic E-state index is 13.1. The highest BCUT2D eigenvalue weighted by molar-refractivity contribution is 7.99. The number of rotatable bonds is 6. The van der Waals surface area contributed by atoms with Crippen molar-refractivity contribution in [1.82, 2.24) is 4.90 Å². The summed E-state index contributed by atoms with van der Waals surface area (Å²) in [5.41, 5.74) is 1.37. The Hall–Kier alpha value is -2.19. The number of benzene rings is 2. The third-order valence-corrected chi connectivity index (χ3v) is 5.31. The lowest BCUT2D eigenvalue weighted by Gasteiger charge is -2.23. The maximum Gasteiger partial charge on any atom is 0.288 e. The highest BCUT2D eigenvalue weighted by Gasteiger charge is 2.18. The lowest BCUT2D eigenvalue weighted by Crippen LogP contribution is -2.36. The first-order valence-electron chi connectivity index (χ1n) is 9.08. The molecule has 1 aliphatic heterocycles. The molecule has 0 aromatic heterocycles. The normalized spacial score (nSPS) is 15.5. The summed E-state index contributed by atoms with van der Waals surface area (Å²) in [6.07, 6.45) is 0.877. The predicted molar refractivity (Wildman–Crippen MR) is 107 cm³/mol. The van der Waals surface area contributed by atoms with E-state index in [1.54, 1.807) is 36.4 Å². The zero-order valence-corrected chi connectivity index (χ0v) is 16.1. The average Bonchev–Trinajstić information content (AvgIpc) is 2.89. The molecular weight excluding hydrogens is 387 g/mol. The number of hydrogen-bond acceptors (Lipinski definition) is 4. The zero-order valence-electron chi connectivity index (χ0n) is 15.3. The topological polar surface area (TPSA) is 35.6 Å². The molecule has 2 aromatic rings. The van der Waals surface area contributed by atoms with Crippen LogP contribution in [0.3, 0.4) is 0 Å². The van der Waals surface area contributed by atoms with Crippen molar-refractivity contribution < 1.29 is 18.0 Å². The van der Waals surface area contributed by atoms with Gasteiger partial charge < -0.3 is 10.2 Å². The lowest BCUT2D eigenvalue weighted by molar-refractivity contribution is -0.117. The molecule has 8 heteroatoms. The summed E-state index contributed by atoms with van der Waals surface area (Å²) >= 11 is 0.420. The Morgan fingerprint density at radius 3 is 2.54 bits per heavy atom. The van der Waals surface area contributed by atoms with Crippen molar-refractivity contribution in [2.45, 2.75) is 17.1 Å². The summed E-state index contributed by atoms with van der Waals surface area (Å²) in [6, 6.07) is 13.0. The second-order valence-electron chi connectivity index (χ2n) is 6.52. The first kappa shape index (κ1) is 20.5. The van der Waals surface area contributed by atoms with Crippen molar-refractivity contribution in [2.75, 3.05) is 42.9 Å². The van der Waals surface area contributed by atoms with Crippen LogP contribution in [0.25, 0.3) is 0 Å². The third kappa shape index (κ3) is 5.90. The fraction of sp³-hybridized carbons (Fsp3) is 0.350. The van der Waals surface area contributed by atoms with Gasteiger partial charge in [0.2, 0.25) is 5.91 Å². The van der Waals surface area contributed by atoms with Gasteiger partial charge in [-0.1, -0.05) is 23.9 Å². The van der Waals surface area contributed by atoms with Crippen molar-refractivity contribution in [3.63, 3.8) is 0 Å². The standard InChI is InChI=1S/C20H22F3N3OS/c21-15-6-8-16(9-7-15)26-11-3-10-25(12-13-26)14-19(27)24-17-4-1-2-5-18(17)28-20(22)23/h1-2,4-9,20H,3,10-14H2,(H,24,27). The molecule has 1 heterocycles. The number of anilines is 2. The lowest BCUT2D eigenvalue weighted by atomic mass is 10.2. The van der Waals surface area contributed by atoms with Crippen molar-refractivity contribution in [3.8, 4) is 0 Å². The third-order valence-electron chi connectivity index (χ3n) is 4.52. The van der Waals surface area contributed by atoms with Crippen LogP contribution in [0.5, 0.6) is 0 Å². The van der Waals surface area contributed by atoms with Crippen LogP contribution in [0.4, 0.5) is 24.5 Å². The van der Waals surface area contributed by atoms with Gasteiger partial charge in [-0.3, -0.25) is 9.69 Å². The van der Waals surface area contributed by atoms with Crippen molar-refractivity contribution in [1.29, 1.82) is 0 Å². The summed E-state index contributed by atoms with van der Waals surface area (Å²) in [5, 5.41) is 2.74. The number of amides is 1. The van der Waals surface area contributed by atoms with Crippen LogP contribution in [-0.4, -0.2) is 49.3 Å². The fourth-order valence-corrected chi connectivity index (χ4v) is 3.80. The number of hydrogen-bond donors (Lipinski definition) is 1. The van der Waals surface area contributed by atoms with Gasteiger partial charge >= 0.3 is 0 Å². The Labute approximate surface area is 166 Å². The van der Waals surface area contributed by atoms with Gasteiger partial charge in [0.1, 0.15) is 5.82 Å². The van der Waals surface area contributed by atoms with E-state index in [2.05, 4.69) is 10.2 Å². The number of thioether (sulfide) groups is 1. The molecule has 4 nitrogen and oxygen atoms in total. The Balaban J connectivity index is 1.54. The van der Waals surface area contributed by atoms with Crippen molar-refractivity contribution >= 4 is 29.0 Å². The highest BCUT2D eigenvalue weighted by Crippen LogP contribution is 2.31. The van der Waals surface area contributed by atoms with Crippen LogP contribution in [0.2, 0.25) is 0 Å². The van der Waals surface area contributed by atoms with Gasteiger partial charge in [-0.25, -0.2) is 4.39 Å². The van der Waals surface area contributed by atoms with E-state index in [1.165, 1.54) is 12.1 Å². The van der Waals surface area contributed by atoms with E-state index in [9.17, 15) is 18.0 Å². The van der Waals surface area contributed by atoms with E-state index in [0.29, 0.717) is 28.9 Å². The molecule has 1 aliphatic rings. The number of halogens is 3. The van der Waals surface area contributed by atoms with Crippen molar-refractivity contribution in [2.24, 2.45) is 0 Å². The molecule has 3 rings (SSSR count). The summed E-state index contributed by atoms with van der Waals surface area (Å²) in [4.78, 5) is 17.0. The maximum atomic E-state index is 13.1. The number of alkyl halides is 2. The Bertz CT molecular complexity index is 789. The zero-order chi connectivity index (χ0) is 19.9.